The molecule has 0 amide bonds. The van der Waals surface area contributed by atoms with E-state index in [0.29, 0.717) is 6.61 Å². The molecule has 0 aliphatic rings. The molecular formula is C17H22N2O. The van der Waals surface area contributed by atoms with E-state index in [1.165, 1.54) is 5.56 Å². The Hall–Kier alpha value is -1.87. The van der Waals surface area contributed by atoms with Gasteiger partial charge in [0.15, 0.2) is 0 Å². The van der Waals surface area contributed by atoms with E-state index < -0.39 is 0 Å². The second-order valence-electron chi connectivity index (χ2n) is 4.82. The number of hydrogen-bond donors (Lipinski definition) is 1. The minimum absolute atomic E-state index is 0.287. The first kappa shape index (κ1) is 14.5. The number of nitrogens with one attached hydrogen (secondary N) is 1. The summed E-state index contributed by atoms with van der Waals surface area (Å²) in [5.74, 6) is 0.925. The summed E-state index contributed by atoms with van der Waals surface area (Å²) in [5, 5.41) is 3.49. The molecule has 1 heterocycles. The summed E-state index contributed by atoms with van der Waals surface area (Å²) in [6.45, 7) is 5.84. The molecule has 106 valence electrons. The highest BCUT2D eigenvalue weighted by molar-refractivity contribution is 5.35. The first-order valence-corrected chi connectivity index (χ1v) is 7.16. The first-order chi connectivity index (χ1) is 9.81. The van der Waals surface area contributed by atoms with Crippen LogP contribution in [0.3, 0.4) is 0 Å². The third-order valence-corrected chi connectivity index (χ3v) is 3.19. The molecular weight excluding hydrogens is 248 g/mol. The smallest absolute Gasteiger partial charge is 0.130 e. The van der Waals surface area contributed by atoms with E-state index in [0.717, 1.165) is 24.4 Å². The molecule has 0 radical (unpaired) electrons. The van der Waals surface area contributed by atoms with Crippen LogP contribution in [0, 0.1) is 0 Å². The van der Waals surface area contributed by atoms with Crippen molar-refractivity contribution < 1.29 is 4.74 Å². The molecule has 0 spiro atoms. The maximum atomic E-state index is 5.92. The quantitative estimate of drug-likeness (QED) is 0.832. The number of aromatic nitrogens is 1. The van der Waals surface area contributed by atoms with Crippen LogP contribution < -0.4 is 10.1 Å². The van der Waals surface area contributed by atoms with Crippen LogP contribution in [0.25, 0.3) is 0 Å². The fourth-order valence-electron chi connectivity index (χ4n) is 2.08. The zero-order chi connectivity index (χ0) is 14.2. The zero-order valence-corrected chi connectivity index (χ0v) is 12.2. The van der Waals surface area contributed by atoms with Crippen molar-refractivity contribution in [2.24, 2.45) is 0 Å². The van der Waals surface area contributed by atoms with Gasteiger partial charge in [-0.25, -0.2) is 0 Å². The highest BCUT2D eigenvalue weighted by atomic mass is 16.5. The van der Waals surface area contributed by atoms with Gasteiger partial charge in [-0.1, -0.05) is 31.2 Å². The monoisotopic (exact) mass is 270 g/mol. The molecule has 1 unspecified atom stereocenters. The third kappa shape index (κ3) is 4.07. The van der Waals surface area contributed by atoms with Gasteiger partial charge in [0.2, 0.25) is 0 Å². The Kier molecular flexibility index (Phi) is 5.56. The number of rotatable bonds is 7. The number of pyridine rings is 1. The molecule has 0 saturated carbocycles. The summed E-state index contributed by atoms with van der Waals surface area (Å²) in [5.41, 5.74) is 2.13. The summed E-state index contributed by atoms with van der Waals surface area (Å²) >= 11 is 0. The minimum atomic E-state index is 0.287. The molecule has 20 heavy (non-hydrogen) atoms. The molecule has 0 aliphatic carbocycles. The lowest BCUT2D eigenvalue weighted by Gasteiger charge is -2.18. The second-order valence-corrected chi connectivity index (χ2v) is 4.82. The minimum Gasteiger partial charge on any atom is -0.487 e. The second kappa shape index (κ2) is 7.65. The lowest BCUT2D eigenvalue weighted by molar-refractivity contribution is 0.295. The van der Waals surface area contributed by atoms with E-state index in [4.69, 9.17) is 4.74 Å². The van der Waals surface area contributed by atoms with E-state index in [-0.39, 0.29) is 6.04 Å². The highest BCUT2D eigenvalue weighted by Crippen LogP contribution is 2.25. The molecule has 2 aromatic rings. The van der Waals surface area contributed by atoms with Crippen molar-refractivity contribution in [3.63, 3.8) is 0 Å². The molecule has 0 saturated heterocycles. The maximum Gasteiger partial charge on any atom is 0.130 e. The topological polar surface area (TPSA) is 34.1 Å². The maximum absolute atomic E-state index is 5.92. The van der Waals surface area contributed by atoms with E-state index in [9.17, 15) is 0 Å². The molecule has 1 N–H and O–H groups in total. The zero-order valence-electron chi connectivity index (χ0n) is 12.2. The molecule has 0 fully saturated rings. The van der Waals surface area contributed by atoms with E-state index >= 15 is 0 Å². The van der Waals surface area contributed by atoms with Crippen LogP contribution in [-0.4, -0.2) is 11.5 Å². The predicted octanol–water partition coefficient (Wildman–Crippen LogP) is 3.72. The summed E-state index contributed by atoms with van der Waals surface area (Å²) in [6, 6.07) is 14.3. The van der Waals surface area contributed by atoms with Gasteiger partial charge >= 0.3 is 0 Å². The van der Waals surface area contributed by atoms with Crippen LogP contribution >= 0.6 is 0 Å². The van der Waals surface area contributed by atoms with Crippen molar-refractivity contribution in [1.82, 2.24) is 10.3 Å². The first-order valence-electron chi connectivity index (χ1n) is 7.16. The Labute approximate surface area is 121 Å². The summed E-state index contributed by atoms with van der Waals surface area (Å²) in [6.07, 6.45) is 2.91. The average molecular weight is 270 g/mol. The van der Waals surface area contributed by atoms with Crippen molar-refractivity contribution in [3.05, 3.63) is 59.9 Å². The lowest BCUT2D eigenvalue weighted by Crippen LogP contribution is -2.20. The van der Waals surface area contributed by atoms with Crippen LogP contribution in [0.4, 0.5) is 0 Å². The van der Waals surface area contributed by atoms with E-state index in [1.54, 1.807) is 6.20 Å². The van der Waals surface area contributed by atoms with Crippen LogP contribution in [0.5, 0.6) is 5.75 Å². The fourth-order valence-corrected chi connectivity index (χ4v) is 2.08. The van der Waals surface area contributed by atoms with Gasteiger partial charge in [0, 0.05) is 17.8 Å². The van der Waals surface area contributed by atoms with Crippen LogP contribution in [0.1, 0.15) is 37.6 Å². The van der Waals surface area contributed by atoms with Gasteiger partial charge in [0.05, 0.1) is 5.69 Å². The van der Waals surface area contributed by atoms with Crippen molar-refractivity contribution in [1.29, 1.82) is 0 Å². The van der Waals surface area contributed by atoms with Gasteiger partial charge < -0.3 is 10.1 Å². The normalized spacial score (nSPS) is 12.1. The average Bonchev–Trinajstić information content (AvgIpc) is 2.52. The van der Waals surface area contributed by atoms with Gasteiger partial charge in [-0.05, 0) is 38.1 Å². The predicted molar refractivity (Wildman–Crippen MR) is 81.7 cm³/mol. The lowest BCUT2D eigenvalue weighted by atomic mass is 10.1. The number of benzene rings is 1. The van der Waals surface area contributed by atoms with Crippen LogP contribution in [0.15, 0.2) is 48.7 Å². The summed E-state index contributed by atoms with van der Waals surface area (Å²) < 4.78 is 5.92. The molecule has 0 aliphatic heterocycles. The number of para-hydroxylation sites is 1. The Morgan fingerprint density at radius 1 is 1.15 bits per heavy atom. The number of hydrogen-bond acceptors (Lipinski definition) is 3. The van der Waals surface area contributed by atoms with Crippen LogP contribution in [-0.2, 0) is 6.61 Å². The molecule has 3 nitrogen and oxygen atoms in total. The molecule has 0 bridgehead atoms. The van der Waals surface area contributed by atoms with E-state index in [2.05, 4.69) is 30.2 Å². The Balaban J connectivity index is 2.04. The number of ether oxygens (including phenoxy) is 1. The van der Waals surface area contributed by atoms with Gasteiger partial charge in [0.1, 0.15) is 12.4 Å². The van der Waals surface area contributed by atoms with Crippen molar-refractivity contribution >= 4 is 0 Å². The SMILES string of the molecule is CCCNC(C)c1ccccc1OCc1ccccn1. The van der Waals surface area contributed by atoms with Crippen molar-refractivity contribution in [2.45, 2.75) is 32.9 Å². The summed E-state index contributed by atoms with van der Waals surface area (Å²) in [7, 11) is 0. The van der Waals surface area contributed by atoms with E-state index in [1.807, 2.05) is 36.4 Å². The van der Waals surface area contributed by atoms with Gasteiger partial charge in [-0.2, -0.15) is 0 Å². The van der Waals surface area contributed by atoms with Crippen molar-refractivity contribution in [3.8, 4) is 5.75 Å². The Morgan fingerprint density at radius 3 is 2.70 bits per heavy atom. The van der Waals surface area contributed by atoms with Crippen molar-refractivity contribution in [2.75, 3.05) is 6.54 Å². The standard InChI is InChI=1S/C17H22N2O/c1-3-11-18-14(2)16-9-4-5-10-17(16)20-13-15-8-6-7-12-19-15/h4-10,12,14,18H,3,11,13H2,1-2H3. The number of nitrogens with zero attached hydrogens (tertiary/aromatic N) is 1. The molecule has 1 aromatic heterocycles. The highest BCUT2D eigenvalue weighted by Gasteiger charge is 2.10. The third-order valence-electron chi connectivity index (χ3n) is 3.19. The fraction of sp³-hybridized carbons (Fsp3) is 0.353. The van der Waals surface area contributed by atoms with Gasteiger partial charge in [-0.15, -0.1) is 0 Å². The molecule has 2 rings (SSSR count). The summed E-state index contributed by atoms with van der Waals surface area (Å²) in [4.78, 5) is 4.28. The molecule has 1 atom stereocenters. The Morgan fingerprint density at radius 2 is 1.95 bits per heavy atom. The largest absolute Gasteiger partial charge is 0.487 e. The Bertz CT molecular complexity index is 513. The van der Waals surface area contributed by atoms with Gasteiger partial charge in [-0.3, -0.25) is 4.98 Å². The van der Waals surface area contributed by atoms with Gasteiger partial charge in [0.25, 0.3) is 0 Å². The molecule has 3 heteroatoms. The molecule has 1 aromatic carbocycles. The van der Waals surface area contributed by atoms with Crippen LogP contribution in [0.2, 0.25) is 0 Å².